The molecule has 1 aliphatic carbocycles. The van der Waals surface area contributed by atoms with Gasteiger partial charge in [0.25, 0.3) is 5.91 Å². The van der Waals surface area contributed by atoms with E-state index in [1.165, 1.54) is 19.6 Å². The lowest BCUT2D eigenvalue weighted by molar-refractivity contribution is 0.0941. The molecule has 2 atom stereocenters. The summed E-state index contributed by atoms with van der Waals surface area (Å²) in [4.78, 5) is 12.1. The van der Waals surface area contributed by atoms with Gasteiger partial charge in [0.1, 0.15) is 11.5 Å². The van der Waals surface area contributed by atoms with Crippen molar-refractivity contribution in [1.82, 2.24) is 5.32 Å². The number of halogens is 1. The first-order valence-corrected chi connectivity index (χ1v) is 7.40. The molecular formula is C15H20ClNO3. The molecule has 0 radical (unpaired) electrons. The molecule has 1 aliphatic rings. The smallest absolute Gasteiger partial charge is 0.255 e. The third-order valence-electron chi connectivity index (χ3n) is 3.99. The van der Waals surface area contributed by atoms with Crippen LogP contribution in [-0.2, 0) is 0 Å². The summed E-state index contributed by atoms with van der Waals surface area (Å²) in [5.74, 6) is 1.79. The van der Waals surface area contributed by atoms with Crippen LogP contribution in [0.25, 0.3) is 0 Å². The third kappa shape index (κ3) is 3.37. The molecule has 0 saturated heterocycles. The van der Waals surface area contributed by atoms with Crippen molar-refractivity contribution in [3.05, 3.63) is 23.8 Å². The number of aromatic hydroxyl groups is 1. The van der Waals surface area contributed by atoms with Crippen molar-refractivity contribution in [3.8, 4) is 11.5 Å². The Morgan fingerprint density at radius 1 is 1.45 bits per heavy atom. The maximum Gasteiger partial charge on any atom is 0.255 e. The lowest BCUT2D eigenvalue weighted by atomic mass is 9.98. The highest BCUT2D eigenvalue weighted by Gasteiger charge is 2.27. The van der Waals surface area contributed by atoms with E-state index >= 15 is 0 Å². The van der Waals surface area contributed by atoms with E-state index in [-0.39, 0.29) is 17.2 Å². The molecular weight excluding hydrogens is 278 g/mol. The number of hydrogen-bond acceptors (Lipinski definition) is 3. The topological polar surface area (TPSA) is 58.6 Å². The van der Waals surface area contributed by atoms with E-state index in [1.807, 2.05) is 0 Å². The molecule has 20 heavy (non-hydrogen) atoms. The van der Waals surface area contributed by atoms with Crippen LogP contribution in [-0.4, -0.2) is 30.5 Å². The van der Waals surface area contributed by atoms with Crippen molar-refractivity contribution in [2.24, 2.45) is 11.8 Å². The number of benzene rings is 1. The minimum absolute atomic E-state index is 0.0383. The van der Waals surface area contributed by atoms with Crippen molar-refractivity contribution >= 4 is 17.5 Å². The maximum absolute atomic E-state index is 12.1. The molecule has 1 aromatic rings. The minimum Gasteiger partial charge on any atom is -0.507 e. The summed E-state index contributed by atoms with van der Waals surface area (Å²) in [6.07, 6.45) is 3.40. The highest BCUT2D eigenvalue weighted by molar-refractivity contribution is 6.18. The first kappa shape index (κ1) is 15.0. The van der Waals surface area contributed by atoms with Crippen LogP contribution in [0.4, 0.5) is 0 Å². The van der Waals surface area contributed by atoms with Crippen LogP contribution in [0.15, 0.2) is 18.2 Å². The summed E-state index contributed by atoms with van der Waals surface area (Å²) in [6.45, 7) is 0.604. The summed E-state index contributed by atoms with van der Waals surface area (Å²) in [7, 11) is 1.53. The molecule has 0 heterocycles. The van der Waals surface area contributed by atoms with Gasteiger partial charge in [-0.05, 0) is 42.9 Å². The molecule has 1 amide bonds. The second-order valence-electron chi connectivity index (χ2n) is 5.20. The Kier molecular flexibility index (Phi) is 5.12. The van der Waals surface area contributed by atoms with Gasteiger partial charge in [-0.25, -0.2) is 0 Å². The van der Waals surface area contributed by atoms with Crippen LogP contribution >= 0.6 is 11.6 Å². The lowest BCUT2D eigenvalue weighted by Crippen LogP contribution is -2.31. The molecule has 2 unspecified atom stereocenters. The molecule has 110 valence electrons. The Labute approximate surface area is 124 Å². The number of carbonyl (C=O) groups is 1. The zero-order valence-corrected chi connectivity index (χ0v) is 12.3. The van der Waals surface area contributed by atoms with Gasteiger partial charge >= 0.3 is 0 Å². The standard InChI is InChI=1S/C15H20ClNO3/c1-20-12-5-6-14(18)13(7-12)15(19)17-9-11-4-2-3-10(11)8-16/h5-7,10-11,18H,2-4,8-9H2,1H3,(H,17,19). The first-order chi connectivity index (χ1) is 9.65. The summed E-state index contributed by atoms with van der Waals surface area (Å²) < 4.78 is 5.06. The van der Waals surface area contributed by atoms with E-state index in [4.69, 9.17) is 16.3 Å². The average Bonchev–Trinajstić information content (AvgIpc) is 2.92. The van der Waals surface area contributed by atoms with Crippen molar-refractivity contribution in [1.29, 1.82) is 0 Å². The van der Waals surface area contributed by atoms with E-state index in [0.29, 0.717) is 30.0 Å². The number of rotatable bonds is 5. The lowest BCUT2D eigenvalue weighted by Gasteiger charge is -2.18. The van der Waals surface area contributed by atoms with Crippen LogP contribution in [0.1, 0.15) is 29.6 Å². The Hall–Kier alpha value is -1.42. The third-order valence-corrected chi connectivity index (χ3v) is 4.38. The SMILES string of the molecule is COc1ccc(O)c(C(=O)NCC2CCCC2CCl)c1. The number of nitrogens with one attached hydrogen (secondary N) is 1. The number of carbonyl (C=O) groups excluding carboxylic acids is 1. The molecule has 2 rings (SSSR count). The Bertz CT molecular complexity index is 478. The second-order valence-corrected chi connectivity index (χ2v) is 5.51. The predicted octanol–water partition coefficient (Wildman–Crippen LogP) is 2.79. The summed E-state index contributed by atoms with van der Waals surface area (Å²) >= 11 is 5.93. The molecule has 0 aliphatic heterocycles. The first-order valence-electron chi connectivity index (χ1n) is 6.87. The van der Waals surface area contributed by atoms with E-state index < -0.39 is 0 Å². The molecule has 2 N–H and O–H groups in total. The highest BCUT2D eigenvalue weighted by atomic mass is 35.5. The summed E-state index contributed by atoms with van der Waals surface area (Å²) in [6, 6.07) is 4.62. The molecule has 0 spiro atoms. The zero-order valence-electron chi connectivity index (χ0n) is 11.6. The number of amides is 1. The van der Waals surface area contributed by atoms with Crippen molar-refractivity contribution in [2.75, 3.05) is 19.5 Å². The maximum atomic E-state index is 12.1. The monoisotopic (exact) mass is 297 g/mol. The summed E-state index contributed by atoms with van der Waals surface area (Å²) in [5.41, 5.74) is 0.241. The van der Waals surface area contributed by atoms with Crippen LogP contribution in [0.5, 0.6) is 11.5 Å². The van der Waals surface area contributed by atoms with Gasteiger partial charge in [0.15, 0.2) is 0 Å². The van der Waals surface area contributed by atoms with Crippen LogP contribution in [0.2, 0.25) is 0 Å². The van der Waals surface area contributed by atoms with Gasteiger partial charge in [-0.1, -0.05) is 6.42 Å². The van der Waals surface area contributed by atoms with Gasteiger partial charge in [-0.15, -0.1) is 11.6 Å². The van der Waals surface area contributed by atoms with E-state index in [2.05, 4.69) is 5.32 Å². The molecule has 1 aromatic carbocycles. The Morgan fingerprint density at radius 2 is 2.20 bits per heavy atom. The van der Waals surface area contributed by atoms with Crippen molar-refractivity contribution < 1.29 is 14.6 Å². The van der Waals surface area contributed by atoms with E-state index in [1.54, 1.807) is 12.1 Å². The zero-order chi connectivity index (χ0) is 14.5. The van der Waals surface area contributed by atoms with Gasteiger partial charge in [0.2, 0.25) is 0 Å². The van der Waals surface area contributed by atoms with Gasteiger partial charge in [0, 0.05) is 12.4 Å². The molecule has 0 bridgehead atoms. The van der Waals surface area contributed by atoms with Gasteiger partial charge < -0.3 is 15.2 Å². The molecule has 1 saturated carbocycles. The largest absolute Gasteiger partial charge is 0.507 e. The number of hydrogen-bond donors (Lipinski definition) is 2. The van der Waals surface area contributed by atoms with Crippen molar-refractivity contribution in [3.63, 3.8) is 0 Å². The number of phenols is 1. The molecule has 5 heteroatoms. The van der Waals surface area contributed by atoms with Crippen LogP contribution in [0.3, 0.4) is 0 Å². The normalized spacial score (nSPS) is 21.7. The number of ether oxygens (including phenoxy) is 1. The van der Waals surface area contributed by atoms with Crippen molar-refractivity contribution in [2.45, 2.75) is 19.3 Å². The highest BCUT2D eigenvalue weighted by Crippen LogP contribution is 2.32. The second kappa shape index (κ2) is 6.84. The molecule has 4 nitrogen and oxygen atoms in total. The fourth-order valence-electron chi connectivity index (χ4n) is 2.73. The van der Waals surface area contributed by atoms with Crippen LogP contribution in [0, 0.1) is 11.8 Å². The quantitative estimate of drug-likeness (QED) is 0.822. The van der Waals surface area contributed by atoms with Gasteiger partial charge in [-0.2, -0.15) is 0 Å². The number of phenolic OH excluding ortho intramolecular Hbond substituents is 1. The van der Waals surface area contributed by atoms with Crippen LogP contribution < -0.4 is 10.1 Å². The Balaban J connectivity index is 1.98. The van der Waals surface area contributed by atoms with Gasteiger partial charge in [0.05, 0.1) is 12.7 Å². The fourth-order valence-corrected chi connectivity index (χ4v) is 3.13. The number of alkyl halides is 1. The van der Waals surface area contributed by atoms with Gasteiger partial charge in [-0.3, -0.25) is 4.79 Å². The fraction of sp³-hybridized carbons (Fsp3) is 0.533. The molecule has 1 fully saturated rings. The minimum atomic E-state index is -0.276. The van der Waals surface area contributed by atoms with E-state index in [0.717, 1.165) is 12.8 Å². The predicted molar refractivity (Wildman–Crippen MR) is 78.5 cm³/mol. The van der Waals surface area contributed by atoms with E-state index in [9.17, 15) is 9.90 Å². The average molecular weight is 298 g/mol. The summed E-state index contributed by atoms with van der Waals surface area (Å²) in [5, 5.41) is 12.6. The Morgan fingerprint density at radius 3 is 2.90 bits per heavy atom. The molecule has 0 aromatic heterocycles. The number of methoxy groups -OCH3 is 1.